The van der Waals surface area contributed by atoms with Gasteiger partial charge in [0.2, 0.25) is 0 Å². The minimum absolute atomic E-state index is 0.0265. The van der Waals surface area contributed by atoms with Crippen LogP contribution in [0, 0.1) is 0 Å². The minimum Gasteiger partial charge on any atom is -0.313 e. The maximum Gasteiger partial charge on any atom is 0.196 e. The molecule has 1 aromatic rings. The molecule has 2 heterocycles. The number of hydrogen-bond donors (Lipinski definition) is 1. The average Bonchev–Trinajstić information content (AvgIpc) is 2.82. The predicted molar refractivity (Wildman–Crippen MR) is 64.9 cm³/mol. The summed E-state index contributed by atoms with van der Waals surface area (Å²) in [6, 6.07) is 0.523. The van der Waals surface area contributed by atoms with E-state index in [-0.39, 0.29) is 5.78 Å². The summed E-state index contributed by atoms with van der Waals surface area (Å²) in [4.78, 5) is 21.8. The fourth-order valence-corrected chi connectivity index (χ4v) is 2.12. The Morgan fingerprint density at radius 1 is 1.59 bits per heavy atom. The van der Waals surface area contributed by atoms with Crippen LogP contribution < -0.4 is 5.32 Å². The van der Waals surface area contributed by atoms with Crippen molar-refractivity contribution in [2.45, 2.75) is 18.9 Å². The molecule has 1 aromatic heterocycles. The third kappa shape index (κ3) is 3.57. The topological polar surface area (TPSA) is 58.1 Å². The third-order valence-electron chi connectivity index (χ3n) is 2.96. The van der Waals surface area contributed by atoms with E-state index in [1.165, 1.54) is 19.0 Å². The van der Waals surface area contributed by atoms with E-state index in [2.05, 4.69) is 15.3 Å². The number of rotatable bonds is 5. The van der Waals surface area contributed by atoms with Crippen molar-refractivity contribution in [2.24, 2.45) is 0 Å². The zero-order valence-electron chi connectivity index (χ0n) is 10.1. The largest absolute Gasteiger partial charge is 0.313 e. The normalized spacial score (nSPS) is 19.8. The van der Waals surface area contributed by atoms with Crippen LogP contribution in [0.2, 0.25) is 0 Å². The van der Waals surface area contributed by atoms with Gasteiger partial charge >= 0.3 is 0 Å². The lowest BCUT2D eigenvalue weighted by Crippen LogP contribution is -2.37. The maximum absolute atomic E-state index is 11.9. The van der Waals surface area contributed by atoms with Gasteiger partial charge in [-0.2, -0.15) is 0 Å². The maximum atomic E-state index is 11.9. The number of hydrogen-bond acceptors (Lipinski definition) is 5. The first kappa shape index (κ1) is 12.1. The molecule has 0 amide bonds. The molecular formula is C12H18N4O. The minimum atomic E-state index is 0.0265. The lowest BCUT2D eigenvalue weighted by Gasteiger charge is -2.19. The van der Waals surface area contributed by atoms with Gasteiger partial charge in [-0.1, -0.05) is 0 Å². The van der Waals surface area contributed by atoms with Crippen molar-refractivity contribution in [3.05, 3.63) is 24.3 Å². The standard InChI is InChI=1S/C12H18N4O/c1-16(8-10-3-2-4-14-10)9-12(17)11-7-13-5-6-15-11/h5-7,10,14H,2-4,8-9H2,1H3/t10-/m1/s1. The molecule has 1 saturated heterocycles. The Balaban J connectivity index is 1.81. The zero-order chi connectivity index (χ0) is 12.1. The Labute approximate surface area is 101 Å². The lowest BCUT2D eigenvalue weighted by molar-refractivity contribution is 0.0937. The van der Waals surface area contributed by atoms with Gasteiger partial charge in [0.15, 0.2) is 5.78 Å². The highest BCUT2D eigenvalue weighted by Gasteiger charge is 2.18. The van der Waals surface area contributed by atoms with E-state index in [1.54, 1.807) is 12.4 Å². The van der Waals surface area contributed by atoms with Crippen LogP contribution in [-0.2, 0) is 0 Å². The number of ketones is 1. The highest BCUT2D eigenvalue weighted by molar-refractivity contribution is 5.95. The Hall–Kier alpha value is -1.33. The Morgan fingerprint density at radius 2 is 2.47 bits per heavy atom. The molecule has 0 radical (unpaired) electrons. The van der Waals surface area contributed by atoms with Gasteiger partial charge in [0, 0.05) is 25.0 Å². The van der Waals surface area contributed by atoms with Crippen LogP contribution in [0.3, 0.4) is 0 Å². The van der Waals surface area contributed by atoms with Crippen molar-refractivity contribution in [2.75, 3.05) is 26.7 Å². The first-order chi connectivity index (χ1) is 8.25. The van der Waals surface area contributed by atoms with Gasteiger partial charge in [-0.25, -0.2) is 4.98 Å². The summed E-state index contributed by atoms with van der Waals surface area (Å²) < 4.78 is 0. The SMILES string of the molecule is CN(CC(=O)c1cnccn1)C[C@H]1CCCN1. The number of likely N-dealkylation sites (N-methyl/N-ethyl adjacent to an activating group) is 1. The molecule has 0 spiro atoms. The van der Waals surface area contributed by atoms with Crippen molar-refractivity contribution < 1.29 is 4.79 Å². The average molecular weight is 234 g/mol. The molecule has 92 valence electrons. The zero-order valence-corrected chi connectivity index (χ0v) is 10.1. The van der Waals surface area contributed by atoms with Crippen LogP contribution in [-0.4, -0.2) is 53.4 Å². The van der Waals surface area contributed by atoms with E-state index in [9.17, 15) is 4.79 Å². The molecule has 1 aliphatic rings. The first-order valence-corrected chi connectivity index (χ1v) is 5.97. The summed E-state index contributed by atoms with van der Waals surface area (Å²) >= 11 is 0. The highest BCUT2D eigenvalue weighted by atomic mass is 16.1. The summed E-state index contributed by atoms with van der Waals surface area (Å²) in [5.74, 6) is 0.0265. The molecule has 0 aliphatic carbocycles. The van der Waals surface area contributed by atoms with Crippen molar-refractivity contribution in [1.29, 1.82) is 0 Å². The number of nitrogens with one attached hydrogen (secondary N) is 1. The van der Waals surface area contributed by atoms with E-state index < -0.39 is 0 Å². The fourth-order valence-electron chi connectivity index (χ4n) is 2.12. The van der Waals surface area contributed by atoms with Crippen LogP contribution in [0.5, 0.6) is 0 Å². The monoisotopic (exact) mass is 234 g/mol. The number of aromatic nitrogens is 2. The van der Waals surface area contributed by atoms with Crippen molar-refractivity contribution in [1.82, 2.24) is 20.2 Å². The molecule has 0 saturated carbocycles. The highest BCUT2D eigenvalue weighted by Crippen LogP contribution is 2.06. The first-order valence-electron chi connectivity index (χ1n) is 5.97. The molecule has 0 bridgehead atoms. The van der Waals surface area contributed by atoms with Crippen LogP contribution >= 0.6 is 0 Å². The Kier molecular flexibility index (Phi) is 4.17. The van der Waals surface area contributed by atoms with Gasteiger partial charge < -0.3 is 5.32 Å². The number of carbonyl (C=O) groups is 1. The summed E-state index contributed by atoms with van der Waals surface area (Å²) in [5, 5.41) is 3.42. The molecule has 1 atom stereocenters. The molecule has 0 unspecified atom stereocenters. The van der Waals surface area contributed by atoms with Gasteiger partial charge in [0.05, 0.1) is 12.7 Å². The summed E-state index contributed by atoms with van der Waals surface area (Å²) in [6.45, 7) is 2.40. The summed E-state index contributed by atoms with van der Waals surface area (Å²) in [5.41, 5.74) is 0.443. The second-order valence-electron chi connectivity index (χ2n) is 4.50. The van der Waals surface area contributed by atoms with Crippen LogP contribution in [0.15, 0.2) is 18.6 Å². The summed E-state index contributed by atoms with van der Waals surface area (Å²) in [7, 11) is 1.97. The van der Waals surface area contributed by atoms with Crippen molar-refractivity contribution in [3.63, 3.8) is 0 Å². The lowest BCUT2D eigenvalue weighted by atomic mass is 10.2. The molecular weight excluding hydrogens is 216 g/mol. The van der Waals surface area contributed by atoms with E-state index in [0.717, 1.165) is 13.1 Å². The fraction of sp³-hybridized carbons (Fsp3) is 0.583. The molecule has 1 aliphatic heterocycles. The molecule has 1 fully saturated rings. The number of nitrogens with zero attached hydrogens (tertiary/aromatic N) is 3. The van der Waals surface area contributed by atoms with Crippen molar-refractivity contribution in [3.8, 4) is 0 Å². The number of Topliss-reactive ketones (excluding diaryl/α,β-unsaturated/α-hetero) is 1. The van der Waals surface area contributed by atoms with Gasteiger partial charge in [0.25, 0.3) is 0 Å². The van der Waals surface area contributed by atoms with E-state index in [4.69, 9.17) is 0 Å². The van der Waals surface area contributed by atoms with Crippen LogP contribution in [0.25, 0.3) is 0 Å². The molecule has 1 N–H and O–H groups in total. The van der Waals surface area contributed by atoms with Gasteiger partial charge in [-0.3, -0.25) is 14.7 Å². The molecule has 5 heteroatoms. The van der Waals surface area contributed by atoms with Crippen molar-refractivity contribution >= 4 is 5.78 Å². The molecule has 2 rings (SSSR count). The van der Waals surface area contributed by atoms with E-state index >= 15 is 0 Å². The molecule has 17 heavy (non-hydrogen) atoms. The van der Waals surface area contributed by atoms with E-state index in [1.807, 2.05) is 11.9 Å². The second kappa shape index (κ2) is 5.84. The van der Waals surface area contributed by atoms with Gasteiger partial charge in [0.1, 0.15) is 5.69 Å². The number of carbonyl (C=O) groups excluding carboxylic acids is 1. The van der Waals surface area contributed by atoms with Crippen LogP contribution in [0.4, 0.5) is 0 Å². The predicted octanol–water partition coefficient (Wildman–Crippen LogP) is 0.343. The quantitative estimate of drug-likeness (QED) is 0.745. The van der Waals surface area contributed by atoms with Gasteiger partial charge in [-0.15, -0.1) is 0 Å². The van der Waals surface area contributed by atoms with E-state index in [0.29, 0.717) is 18.3 Å². The Bertz CT molecular complexity index is 362. The third-order valence-corrected chi connectivity index (χ3v) is 2.96. The second-order valence-corrected chi connectivity index (χ2v) is 4.50. The summed E-state index contributed by atoms with van der Waals surface area (Å²) in [6.07, 6.45) is 7.07. The molecule has 5 nitrogen and oxygen atoms in total. The smallest absolute Gasteiger partial charge is 0.196 e. The molecule has 0 aromatic carbocycles. The van der Waals surface area contributed by atoms with Gasteiger partial charge in [-0.05, 0) is 26.4 Å². The Morgan fingerprint density at radius 3 is 3.12 bits per heavy atom. The van der Waals surface area contributed by atoms with Crippen LogP contribution in [0.1, 0.15) is 23.3 Å².